The van der Waals surface area contributed by atoms with E-state index in [2.05, 4.69) is 51.2 Å². The number of aryl methyl sites for hydroxylation is 2. The average Bonchev–Trinajstić information content (AvgIpc) is 2.27. The summed E-state index contributed by atoms with van der Waals surface area (Å²) in [5.41, 5.74) is 3.92. The minimum atomic E-state index is 0.564. The van der Waals surface area contributed by atoms with Gasteiger partial charge >= 0.3 is 0 Å². The maximum absolute atomic E-state index is 5.70. The summed E-state index contributed by atoms with van der Waals surface area (Å²) >= 11 is 0. The molecule has 96 valence electrons. The van der Waals surface area contributed by atoms with E-state index in [0.29, 0.717) is 6.04 Å². The zero-order valence-electron chi connectivity index (χ0n) is 11.5. The van der Waals surface area contributed by atoms with Crippen LogP contribution < -0.4 is 5.32 Å². The van der Waals surface area contributed by atoms with Crippen molar-refractivity contribution in [2.45, 2.75) is 46.8 Å². The normalized spacial score (nSPS) is 11.1. The van der Waals surface area contributed by atoms with Crippen molar-refractivity contribution in [2.24, 2.45) is 0 Å². The highest BCUT2D eigenvalue weighted by molar-refractivity contribution is 5.29. The molecule has 0 heterocycles. The van der Waals surface area contributed by atoms with Crippen molar-refractivity contribution in [1.29, 1.82) is 0 Å². The first-order valence-electron chi connectivity index (χ1n) is 6.47. The molecule has 0 amide bonds. The summed E-state index contributed by atoms with van der Waals surface area (Å²) in [6.07, 6.45) is 1.07. The van der Waals surface area contributed by atoms with Crippen LogP contribution >= 0.6 is 0 Å². The molecule has 1 aromatic carbocycles. The minimum absolute atomic E-state index is 0.564. The standard InChI is InChI=1S/C15H25NO/c1-12(2)16-8-5-9-17-11-15-10-13(3)6-7-14(15)4/h6-7,10,12,16H,5,8-9,11H2,1-4H3. The third-order valence-electron chi connectivity index (χ3n) is 2.78. The lowest BCUT2D eigenvalue weighted by atomic mass is 10.1. The molecule has 0 aliphatic rings. The summed E-state index contributed by atoms with van der Waals surface area (Å²) in [4.78, 5) is 0. The lowest BCUT2D eigenvalue weighted by molar-refractivity contribution is 0.117. The summed E-state index contributed by atoms with van der Waals surface area (Å²) in [6.45, 7) is 11.2. The molecule has 0 unspecified atom stereocenters. The maximum Gasteiger partial charge on any atom is 0.0719 e. The van der Waals surface area contributed by atoms with Crippen molar-refractivity contribution in [3.63, 3.8) is 0 Å². The van der Waals surface area contributed by atoms with Gasteiger partial charge in [0.15, 0.2) is 0 Å². The molecule has 1 rings (SSSR count). The van der Waals surface area contributed by atoms with Crippen LogP contribution in [0.1, 0.15) is 37.0 Å². The van der Waals surface area contributed by atoms with Gasteiger partial charge in [-0.05, 0) is 37.9 Å². The Morgan fingerprint density at radius 1 is 1.24 bits per heavy atom. The number of hydrogen-bond donors (Lipinski definition) is 1. The third-order valence-corrected chi connectivity index (χ3v) is 2.78. The van der Waals surface area contributed by atoms with E-state index in [1.807, 2.05) is 0 Å². The van der Waals surface area contributed by atoms with Crippen LogP contribution in [0.25, 0.3) is 0 Å². The fraction of sp³-hybridized carbons (Fsp3) is 0.600. The van der Waals surface area contributed by atoms with Crippen molar-refractivity contribution in [1.82, 2.24) is 5.32 Å². The molecular formula is C15H25NO. The topological polar surface area (TPSA) is 21.3 Å². The Morgan fingerprint density at radius 2 is 2.00 bits per heavy atom. The predicted molar refractivity (Wildman–Crippen MR) is 73.3 cm³/mol. The van der Waals surface area contributed by atoms with Gasteiger partial charge in [-0.15, -0.1) is 0 Å². The number of rotatable bonds is 7. The zero-order valence-corrected chi connectivity index (χ0v) is 11.5. The molecule has 0 atom stereocenters. The van der Waals surface area contributed by atoms with E-state index in [4.69, 9.17) is 4.74 Å². The van der Waals surface area contributed by atoms with E-state index in [1.165, 1.54) is 16.7 Å². The van der Waals surface area contributed by atoms with Crippen molar-refractivity contribution in [3.8, 4) is 0 Å². The van der Waals surface area contributed by atoms with E-state index < -0.39 is 0 Å². The van der Waals surface area contributed by atoms with E-state index in [0.717, 1.165) is 26.2 Å². The van der Waals surface area contributed by atoms with Gasteiger partial charge < -0.3 is 10.1 Å². The Morgan fingerprint density at radius 3 is 2.71 bits per heavy atom. The van der Waals surface area contributed by atoms with Crippen LogP contribution in [0.3, 0.4) is 0 Å². The van der Waals surface area contributed by atoms with Crippen LogP contribution in [-0.2, 0) is 11.3 Å². The van der Waals surface area contributed by atoms with Crippen molar-refractivity contribution < 1.29 is 4.74 Å². The Hall–Kier alpha value is -0.860. The van der Waals surface area contributed by atoms with Gasteiger partial charge in [-0.3, -0.25) is 0 Å². The van der Waals surface area contributed by atoms with Crippen molar-refractivity contribution >= 4 is 0 Å². The number of nitrogens with one attached hydrogen (secondary N) is 1. The quantitative estimate of drug-likeness (QED) is 0.733. The van der Waals surface area contributed by atoms with Crippen LogP contribution in [0.15, 0.2) is 18.2 Å². The van der Waals surface area contributed by atoms with Crippen LogP contribution in [0.5, 0.6) is 0 Å². The van der Waals surface area contributed by atoms with Gasteiger partial charge in [0.05, 0.1) is 6.61 Å². The Balaban J connectivity index is 2.20. The van der Waals surface area contributed by atoms with Crippen molar-refractivity contribution in [2.75, 3.05) is 13.2 Å². The molecule has 0 bridgehead atoms. The summed E-state index contributed by atoms with van der Waals surface area (Å²) in [5.74, 6) is 0. The largest absolute Gasteiger partial charge is 0.377 e. The molecule has 1 aromatic rings. The number of hydrogen-bond acceptors (Lipinski definition) is 2. The van der Waals surface area contributed by atoms with Gasteiger partial charge in [0.1, 0.15) is 0 Å². The second kappa shape index (κ2) is 7.46. The Labute approximate surface area is 105 Å². The maximum atomic E-state index is 5.70. The van der Waals surface area contributed by atoms with Gasteiger partial charge in [-0.1, -0.05) is 37.6 Å². The minimum Gasteiger partial charge on any atom is -0.377 e. The molecule has 1 N–H and O–H groups in total. The van der Waals surface area contributed by atoms with E-state index >= 15 is 0 Å². The summed E-state index contributed by atoms with van der Waals surface area (Å²) in [5, 5.41) is 3.38. The monoisotopic (exact) mass is 235 g/mol. The first-order chi connectivity index (χ1) is 8.09. The van der Waals surface area contributed by atoms with E-state index in [1.54, 1.807) is 0 Å². The van der Waals surface area contributed by atoms with Gasteiger partial charge in [-0.2, -0.15) is 0 Å². The van der Waals surface area contributed by atoms with Crippen LogP contribution in [-0.4, -0.2) is 19.2 Å². The highest BCUT2D eigenvalue weighted by atomic mass is 16.5. The van der Waals surface area contributed by atoms with E-state index in [9.17, 15) is 0 Å². The zero-order chi connectivity index (χ0) is 12.7. The van der Waals surface area contributed by atoms with Crippen LogP contribution in [0, 0.1) is 13.8 Å². The lowest BCUT2D eigenvalue weighted by Crippen LogP contribution is -2.24. The summed E-state index contributed by atoms with van der Waals surface area (Å²) < 4.78 is 5.70. The molecule has 17 heavy (non-hydrogen) atoms. The lowest BCUT2D eigenvalue weighted by Gasteiger charge is -2.10. The number of benzene rings is 1. The predicted octanol–water partition coefficient (Wildman–Crippen LogP) is 3.21. The fourth-order valence-electron chi connectivity index (χ4n) is 1.70. The molecule has 0 aliphatic heterocycles. The fourth-order valence-corrected chi connectivity index (χ4v) is 1.70. The van der Waals surface area contributed by atoms with Gasteiger partial charge in [-0.25, -0.2) is 0 Å². The highest BCUT2D eigenvalue weighted by Gasteiger charge is 1.99. The van der Waals surface area contributed by atoms with Gasteiger partial charge in [0.25, 0.3) is 0 Å². The Bertz CT molecular complexity index is 334. The number of ether oxygens (including phenoxy) is 1. The van der Waals surface area contributed by atoms with Gasteiger partial charge in [0.2, 0.25) is 0 Å². The SMILES string of the molecule is Cc1ccc(C)c(COCCCNC(C)C)c1. The Kier molecular flexibility index (Phi) is 6.23. The molecule has 0 fully saturated rings. The first-order valence-corrected chi connectivity index (χ1v) is 6.47. The molecule has 2 heteroatoms. The van der Waals surface area contributed by atoms with E-state index in [-0.39, 0.29) is 0 Å². The molecular weight excluding hydrogens is 210 g/mol. The highest BCUT2D eigenvalue weighted by Crippen LogP contribution is 2.11. The second-order valence-corrected chi connectivity index (χ2v) is 4.94. The first kappa shape index (κ1) is 14.2. The smallest absolute Gasteiger partial charge is 0.0719 e. The third kappa shape index (κ3) is 5.85. The summed E-state index contributed by atoms with van der Waals surface area (Å²) in [7, 11) is 0. The second-order valence-electron chi connectivity index (χ2n) is 4.94. The van der Waals surface area contributed by atoms with Crippen molar-refractivity contribution in [3.05, 3.63) is 34.9 Å². The molecule has 0 aromatic heterocycles. The van der Waals surface area contributed by atoms with Gasteiger partial charge in [0, 0.05) is 12.6 Å². The van der Waals surface area contributed by atoms with Crippen LogP contribution in [0.4, 0.5) is 0 Å². The molecule has 0 saturated heterocycles. The molecule has 2 nitrogen and oxygen atoms in total. The molecule has 0 radical (unpaired) electrons. The molecule has 0 spiro atoms. The molecule has 0 saturated carbocycles. The molecule has 0 aliphatic carbocycles. The summed E-state index contributed by atoms with van der Waals surface area (Å²) in [6, 6.07) is 7.08. The van der Waals surface area contributed by atoms with Crippen LogP contribution in [0.2, 0.25) is 0 Å². The average molecular weight is 235 g/mol.